The fourth-order valence-corrected chi connectivity index (χ4v) is 2.26. The number of nitrogens with zero attached hydrogens (tertiary/aromatic N) is 2. The molecule has 0 unspecified atom stereocenters. The maximum Gasteiger partial charge on any atom is 0.271 e. The van der Waals surface area contributed by atoms with Gasteiger partial charge in [-0.05, 0) is 36.8 Å². The fourth-order valence-electron chi connectivity index (χ4n) is 2.26. The quantitative estimate of drug-likeness (QED) is 0.346. The summed E-state index contributed by atoms with van der Waals surface area (Å²) in [4.78, 5) is 22.6. The van der Waals surface area contributed by atoms with E-state index in [1.807, 2.05) is 13.0 Å². The number of nitro benzene ring substituents is 1. The van der Waals surface area contributed by atoms with Gasteiger partial charge in [-0.2, -0.15) is 5.26 Å². The minimum Gasteiger partial charge on any atom is -0.493 e. The number of methoxy groups -OCH3 is 1. The number of nitro groups is 1. The SMILES string of the molecule is CCOc1ccc(/C=C(/C#N)C(=O)Nc2cccc([N+](=O)[O-])c2)cc1OC. The Hall–Kier alpha value is -3.86. The summed E-state index contributed by atoms with van der Waals surface area (Å²) in [6.07, 6.45) is 1.39. The molecule has 0 aliphatic carbocycles. The number of anilines is 1. The number of ether oxygens (including phenoxy) is 2. The number of nitriles is 1. The zero-order valence-corrected chi connectivity index (χ0v) is 14.8. The summed E-state index contributed by atoms with van der Waals surface area (Å²) in [5.41, 5.74) is 0.472. The first-order valence-corrected chi connectivity index (χ1v) is 7.97. The van der Waals surface area contributed by atoms with Crippen LogP contribution in [0.5, 0.6) is 11.5 Å². The lowest BCUT2D eigenvalue weighted by Crippen LogP contribution is -2.13. The van der Waals surface area contributed by atoms with Crippen LogP contribution >= 0.6 is 0 Å². The smallest absolute Gasteiger partial charge is 0.271 e. The summed E-state index contributed by atoms with van der Waals surface area (Å²) in [6, 6.07) is 12.3. The second kappa shape index (κ2) is 9.01. The molecule has 0 aliphatic rings. The summed E-state index contributed by atoms with van der Waals surface area (Å²) < 4.78 is 10.7. The minimum atomic E-state index is -0.675. The molecule has 8 nitrogen and oxygen atoms in total. The predicted octanol–water partition coefficient (Wildman–Crippen LogP) is 3.55. The van der Waals surface area contributed by atoms with Crippen molar-refractivity contribution in [1.29, 1.82) is 5.26 Å². The Kier molecular flexibility index (Phi) is 6.49. The number of amides is 1. The van der Waals surface area contributed by atoms with Crippen molar-refractivity contribution in [1.82, 2.24) is 0 Å². The molecule has 2 rings (SSSR count). The molecule has 2 aromatic carbocycles. The highest BCUT2D eigenvalue weighted by molar-refractivity contribution is 6.09. The number of nitrogens with one attached hydrogen (secondary N) is 1. The molecule has 0 aliphatic heterocycles. The lowest BCUT2D eigenvalue weighted by atomic mass is 10.1. The minimum absolute atomic E-state index is 0.160. The van der Waals surface area contributed by atoms with E-state index in [1.54, 1.807) is 18.2 Å². The highest BCUT2D eigenvalue weighted by atomic mass is 16.6. The normalized spacial score (nSPS) is 10.6. The lowest BCUT2D eigenvalue weighted by Gasteiger charge is -2.10. The number of non-ortho nitro benzene ring substituents is 1. The molecule has 0 aromatic heterocycles. The number of carbonyl (C=O) groups excluding carboxylic acids is 1. The molecule has 1 amide bonds. The summed E-state index contributed by atoms with van der Waals surface area (Å²) >= 11 is 0. The van der Waals surface area contributed by atoms with Crippen molar-refractivity contribution in [2.24, 2.45) is 0 Å². The molecule has 2 aromatic rings. The van der Waals surface area contributed by atoms with E-state index in [4.69, 9.17) is 9.47 Å². The Morgan fingerprint density at radius 1 is 1.30 bits per heavy atom. The van der Waals surface area contributed by atoms with E-state index in [0.29, 0.717) is 23.7 Å². The third-order valence-electron chi connectivity index (χ3n) is 3.48. The highest BCUT2D eigenvalue weighted by Gasteiger charge is 2.13. The number of carbonyl (C=O) groups is 1. The van der Waals surface area contributed by atoms with Crippen molar-refractivity contribution in [3.63, 3.8) is 0 Å². The van der Waals surface area contributed by atoms with Crippen molar-refractivity contribution in [2.75, 3.05) is 19.0 Å². The summed E-state index contributed by atoms with van der Waals surface area (Å²) in [5, 5.41) is 22.6. The summed E-state index contributed by atoms with van der Waals surface area (Å²) in [6.45, 7) is 2.32. The second-order valence-electron chi connectivity index (χ2n) is 5.27. The molecular formula is C19H17N3O5. The van der Waals surface area contributed by atoms with Gasteiger partial charge in [0.25, 0.3) is 11.6 Å². The van der Waals surface area contributed by atoms with Gasteiger partial charge in [-0.25, -0.2) is 0 Å². The van der Waals surface area contributed by atoms with Gasteiger partial charge in [0.1, 0.15) is 11.6 Å². The zero-order chi connectivity index (χ0) is 19.8. The van der Waals surface area contributed by atoms with E-state index in [1.165, 1.54) is 37.5 Å². The Labute approximate surface area is 155 Å². The monoisotopic (exact) mass is 367 g/mol. The van der Waals surface area contributed by atoms with Crippen molar-refractivity contribution in [3.05, 3.63) is 63.7 Å². The van der Waals surface area contributed by atoms with Gasteiger partial charge < -0.3 is 14.8 Å². The summed E-state index contributed by atoms with van der Waals surface area (Å²) in [7, 11) is 1.49. The Balaban J connectivity index is 2.25. The molecule has 0 heterocycles. The highest BCUT2D eigenvalue weighted by Crippen LogP contribution is 2.29. The number of rotatable bonds is 7. The topological polar surface area (TPSA) is 114 Å². The maximum atomic E-state index is 12.3. The van der Waals surface area contributed by atoms with Gasteiger partial charge in [0.05, 0.1) is 18.6 Å². The average Bonchev–Trinajstić information content (AvgIpc) is 2.67. The van der Waals surface area contributed by atoms with Crippen LogP contribution in [0.2, 0.25) is 0 Å². The van der Waals surface area contributed by atoms with E-state index >= 15 is 0 Å². The molecule has 1 N–H and O–H groups in total. The Morgan fingerprint density at radius 2 is 2.07 bits per heavy atom. The lowest BCUT2D eigenvalue weighted by molar-refractivity contribution is -0.384. The molecule has 0 atom stereocenters. The van der Waals surface area contributed by atoms with Crippen molar-refractivity contribution in [3.8, 4) is 17.6 Å². The summed E-state index contributed by atoms with van der Waals surface area (Å²) in [5.74, 6) is 0.351. The van der Waals surface area contributed by atoms with Gasteiger partial charge in [0.15, 0.2) is 11.5 Å². The maximum absolute atomic E-state index is 12.3. The fraction of sp³-hybridized carbons (Fsp3) is 0.158. The van der Waals surface area contributed by atoms with Crippen LogP contribution in [0.25, 0.3) is 6.08 Å². The number of benzene rings is 2. The molecule has 138 valence electrons. The largest absolute Gasteiger partial charge is 0.493 e. The Morgan fingerprint density at radius 3 is 2.70 bits per heavy atom. The molecule has 0 spiro atoms. The zero-order valence-electron chi connectivity index (χ0n) is 14.8. The predicted molar refractivity (Wildman–Crippen MR) is 99.5 cm³/mol. The molecule has 0 saturated carbocycles. The van der Waals surface area contributed by atoms with Crippen LogP contribution in [-0.4, -0.2) is 24.5 Å². The van der Waals surface area contributed by atoms with Gasteiger partial charge in [-0.15, -0.1) is 0 Å². The van der Waals surface area contributed by atoms with Crippen molar-refractivity contribution in [2.45, 2.75) is 6.92 Å². The number of hydrogen-bond donors (Lipinski definition) is 1. The van der Waals surface area contributed by atoms with Crippen LogP contribution < -0.4 is 14.8 Å². The van der Waals surface area contributed by atoms with E-state index in [2.05, 4.69) is 5.32 Å². The average molecular weight is 367 g/mol. The van der Waals surface area contributed by atoms with Crippen molar-refractivity contribution < 1.29 is 19.2 Å². The van der Waals surface area contributed by atoms with Crippen LogP contribution in [0, 0.1) is 21.4 Å². The third kappa shape index (κ3) is 5.06. The second-order valence-corrected chi connectivity index (χ2v) is 5.27. The van der Waals surface area contributed by atoms with Gasteiger partial charge in [-0.1, -0.05) is 12.1 Å². The van der Waals surface area contributed by atoms with Crippen LogP contribution in [-0.2, 0) is 4.79 Å². The van der Waals surface area contributed by atoms with Crippen molar-refractivity contribution >= 4 is 23.4 Å². The first kappa shape index (κ1) is 19.5. The molecule has 8 heteroatoms. The number of hydrogen-bond acceptors (Lipinski definition) is 6. The first-order valence-electron chi connectivity index (χ1n) is 7.97. The van der Waals surface area contributed by atoms with Crippen LogP contribution in [0.4, 0.5) is 11.4 Å². The molecule has 0 fully saturated rings. The molecule has 0 saturated heterocycles. The molecular weight excluding hydrogens is 350 g/mol. The Bertz CT molecular complexity index is 931. The van der Waals surface area contributed by atoms with Crippen LogP contribution in [0.3, 0.4) is 0 Å². The van der Waals surface area contributed by atoms with Crippen LogP contribution in [0.1, 0.15) is 12.5 Å². The van der Waals surface area contributed by atoms with Gasteiger partial charge >= 0.3 is 0 Å². The van der Waals surface area contributed by atoms with E-state index < -0.39 is 10.8 Å². The third-order valence-corrected chi connectivity index (χ3v) is 3.48. The van der Waals surface area contributed by atoms with Gasteiger partial charge in [0.2, 0.25) is 0 Å². The molecule has 0 radical (unpaired) electrons. The van der Waals surface area contributed by atoms with Gasteiger partial charge in [0, 0.05) is 17.8 Å². The van der Waals surface area contributed by atoms with Crippen LogP contribution in [0.15, 0.2) is 48.0 Å². The molecule has 27 heavy (non-hydrogen) atoms. The standard InChI is InChI=1S/C19H17N3O5/c1-3-27-17-8-7-13(10-18(17)26-2)9-14(12-20)19(23)21-15-5-4-6-16(11-15)22(24)25/h4-11H,3H2,1-2H3,(H,21,23)/b14-9-. The van der Waals surface area contributed by atoms with Gasteiger partial charge in [-0.3, -0.25) is 14.9 Å². The molecule has 0 bridgehead atoms. The van der Waals surface area contributed by atoms with E-state index in [-0.39, 0.29) is 16.9 Å². The van der Waals surface area contributed by atoms with E-state index in [0.717, 1.165) is 0 Å². The first-order chi connectivity index (χ1) is 13.0. The van der Waals surface area contributed by atoms with E-state index in [9.17, 15) is 20.2 Å².